The summed E-state index contributed by atoms with van der Waals surface area (Å²) in [5.41, 5.74) is -0.0146. The second-order valence-corrected chi connectivity index (χ2v) is 8.81. The van der Waals surface area contributed by atoms with E-state index in [0.717, 1.165) is 39.0 Å². The van der Waals surface area contributed by atoms with E-state index >= 15 is 0 Å². The average Bonchev–Trinajstić information content (AvgIpc) is 2.72. The lowest BCUT2D eigenvalue weighted by atomic mass is 9.97. The lowest BCUT2D eigenvalue weighted by molar-refractivity contribution is -0.384. The van der Waals surface area contributed by atoms with Crippen molar-refractivity contribution < 1.29 is 19.2 Å². The summed E-state index contributed by atoms with van der Waals surface area (Å²) < 4.78 is 5.51. The van der Waals surface area contributed by atoms with E-state index in [4.69, 9.17) is 4.74 Å². The molecule has 9 nitrogen and oxygen atoms in total. The summed E-state index contributed by atoms with van der Waals surface area (Å²) in [5, 5.41) is 15.3. The Hall–Kier alpha value is -2.52. The van der Waals surface area contributed by atoms with Gasteiger partial charge in [-0.3, -0.25) is 19.7 Å². The minimum Gasteiger partial charge on any atom is -0.460 e. The Bertz CT molecular complexity index is 774. The van der Waals surface area contributed by atoms with Gasteiger partial charge in [0.1, 0.15) is 5.60 Å². The first-order valence-electron chi connectivity index (χ1n) is 10.4. The lowest BCUT2D eigenvalue weighted by Crippen LogP contribution is -2.56. The van der Waals surface area contributed by atoms with Crippen LogP contribution in [-0.4, -0.2) is 76.6 Å². The molecule has 2 aliphatic heterocycles. The van der Waals surface area contributed by atoms with Crippen molar-refractivity contribution in [2.75, 3.05) is 39.3 Å². The number of benzene rings is 1. The number of piperazine rings is 1. The quantitative estimate of drug-likeness (QED) is 0.421. The first kappa shape index (κ1) is 22.2. The highest BCUT2D eigenvalue weighted by molar-refractivity contribution is 5.94. The number of hydrogen-bond donors (Lipinski definition) is 0. The molecule has 0 atom stereocenters. The first-order valence-corrected chi connectivity index (χ1v) is 10.4. The number of nitro benzene ring substituents is 1. The Morgan fingerprint density at radius 3 is 2.00 bits per heavy atom. The number of esters is 1. The molecule has 0 radical (unpaired) electrons. The molecule has 3 rings (SSSR count). The van der Waals surface area contributed by atoms with Gasteiger partial charge in [-0.1, -0.05) is 0 Å². The second-order valence-electron chi connectivity index (χ2n) is 8.81. The van der Waals surface area contributed by atoms with E-state index in [1.54, 1.807) is 4.90 Å². The Morgan fingerprint density at radius 2 is 1.50 bits per heavy atom. The van der Waals surface area contributed by atoms with Gasteiger partial charge < -0.3 is 9.64 Å². The minimum atomic E-state index is -0.473. The normalized spacial score (nSPS) is 19.5. The summed E-state index contributed by atoms with van der Waals surface area (Å²) >= 11 is 0. The lowest BCUT2D eigenvalue weighted by Gasteiger charge is -2.43. The van der Waals surface area contributed by atoms with Crippen molar-refractivity contribution in [3.05, 3.63) is 39.9 Å². The summed E-state index contributed by atoms with van der Waals surface area (Å²) in [6.07, 6.45) is 1.55. The largest absolute Gasteiger partial charge is 0.460 e. The van der Waals surface area contributed by atoms with Crippen LogP contribution in [0.25, 0.3) is 0 Å². The molecular weight excluding hydrogens is 388 g/mol. The standard InChI is InChI=1S/C21H30N4O5/c1-21(2,3)30-20(27)17-8-10-23(11-9-17)24-14-12-22(13-15-24)19(26)16-4-6-18(7-5-16)25(28)29/h4-7,17H,8-15H2,1-3H3. The van der Waals surface area contributed by atoms with E-state index in [9.17, 15) is 19.7 Å². The van der Waals surface area contributed by atoms with Crippen molar-refractivity contribution in [3.8, 4) is 0 Å². The van der Waals surface area contributed by atoms with Gasteiger partial charge >= 0.3 is 5.97 Å². The van der Waals surface area contributed by atoms with Gasteiger partial charge in [0.2, 0.25) is 0 Å². The van der Waals surface area contributed by atoms with Crippen molar-refractivity contribution in [2.45, 2.75) is 39.2 Å². The van der Waals surface area contributed by atoms with Gasteiger partial charge in [-0.15, -0.1) is 0 Å². The third kappa shape index (κ3) is 5.54. The monoisotopic (exact) mass is 418 g/mol. The number of carbonyl (C=O) groups is 2. The highest BCUT2D eigenvalue weighted by Gasteiger charge is 2.32. The molecule has 0 N–H and O–H groups in total. The average molecular weight is 418 g/mol. The number of non-ortho nitro benzene ring substituents is 1. The SMILES string of the molecule is CC(C)(C)OC(=O)C1CCN(N2CCN(C(=O)c3ccc([N+](=O)[O-])cc3)CC2)CC1. The predicted molar refractivity (Wildman–Crippen MR) is 111 cm³/mol. The number of hydrazine groups is 1. The van der Waals surface area contributed by atoms with Crippen LogP contribution in [0.3, 0.4) is 0 Å². The van der Waals surface area contributed by atoms with Gasteiger partial charge in [0.25, 0.3) is 11.6 Å². The van der Waals surface area contributed by atoms with Gasteiger partial charge in [-0.2, -0.15) is 0 Å². The van der Waals surface area contributed by atoms with E-state index in [0.29, 0.717) is 18.7 Å². The first-order chi connectivity index (χ1) is 14.1. The van der Waals surface area contributed by atoms with Crippen LogP contribution in [0.15, 0.2) is 24.3 Å². The number of hydrogen-bond acceptors (Lipinski definition) is 7. The molecule has 0 saturated carbocycles. The van der Waals surface area contributed by atoms with Crippen LogP contribution in [0.4, 0.5) is 5.69 Å². The molecule has 30 heavy (non-hydrogen) atoms. The number of rotatable bonds is 4. The van der Waals surface area contributed by atoms with Gasteiger partial charge in [-0.05, 0) is 45.7 Å². The zero-order valence-electron chi connectivity index (χ0n) is 17.9. The molecule has 2 aliphatic rings. The van der Waals surface area contributed by atoms with Crippen molar-refractivity contribution >= 4 is 17.6 Å². The maximum absolute atomic E-state index is 12.7. The summed E-state index contributed by atoms with van der Waals surface area (Å²) in [4.78, 5) is 37.0. The highest BCUT2D eigenvalue weighted by atomic mass is 16.6. The van der Waals surface area contributed by atoms with Crippen LogP contribution in [-0.2, 0) is 9.53 Å². The molecule has 0 aliphatic carbocycles. The molecule has 1 aromatic carbocycles. The predicted octanol–water partition coefficient (Wildman–Crippen LogP) is 2.32. The summed E-state index contributed by atoms with van der Waals surface area (Å²) in [5.74, 6) is -0.265. The number of amides is 1. The van der Waals surface area contributed by atoms with Crippen LogP contribution in [0.2, 0.25) is 0 Å². The smallest absolute Gasteiger partial charge is 0.309 e. The summed E-state index contributed by atoms with van der Waals surface area (Å²) in [6, 6.07) is 5.74. The van der Waals surface area contributed by atoms with Gasteiger partial charge in [0, 0.05) is 57.0 Å². The molecular formula is C21H30N4O5. The fourth-order valence-corrected chi connectivity index (χ4v) is 3.86. The Kier molecular flexibility index (Phi) is 6.72. The molecule has 1 aromatic rings. The van der Waals surface area contributed by atoms with Crippen LogP contribution in [0.1, 0.15) is 44.0 Å². The molecule has 0 bridgehead atoms. The summed E-state index contributed by atoms with van der Waals surface area (Å²) in [6.45, 7) is 9.93. The molecule has 0 aromatic heterocycles. The molecule has 9 heteroatoms. The summed E-state index contributed by atoms with van der Waals surface area (Å²) in [7, 11) is 0. The Morgan fingerprint density at radius 1 is 0.967 bits per heavy atom. The van der Waals surface area contributed by atoms with Crippen molar-refractivity contribution in [2.24, 2.45) is 5.92 Å². The van der Waals surface area contributed by atoms with Crippen molar-refractivity contribution in [1.29, 1.82) is 0 Å². The van der Waals surface area contributed by atoms with E-state index < -0.39 is 10.5 Å². The van der Waals surface area contributed by atoms with Gasteiger partial charge in [0.15, 0.2) is 0 Å². The van der Waals surface area contributed by atoms with Crippen LogP contribution < -0.4 is 0 Å². The van der Waals surface area contributed by atoms with Crippen LogP contribution >= 0.6 is 0 Å². The third-order valence-corrected chi connectivity index (χ3v) is 5.48. The zero-order chi connectivity index (χ0) is 21.9. The second kappa shape index (κ2) is 9.09. The maximum Gasteiger partial charge on any atom is 0.309 e. The minimum absolute atomic E-state index is 0.0221. The van der Waals surface area contributed by atoms with Crippen LogP contribution in [0.5, 0.6) is 0 Å². The molecule has 2 heterocycles. The van der Waals surface area contributed by atoms with Gasteiger partial charge in [0.05, 0.1) is 10.8 Å². The molecule has 1 amide bonds. The number of piperidine rings is 1. The topological polar surface area (TPSA) is 96.2 Å². The highest BCUT2D eigenvalue weighted by Crippen LogP contribution is 2.23. The molecule has 164 valence electrons. The Balaban J connectivity index is 1.46. The molecule has 0 spiro atoms. The number of carbonyl (C=O) groups excluding carboxylic acids is 2. The third-order valence-electron chi connectivity index (χ3n) is 5.48. The fraction of sp³-hybridized carbons (Fsp3) is 0.619. The number of ether oxygens (including phenoxy) is 1. The van der Waals surface area contributed by atoms with Crippen molar-refractivity contribution in [3.63, 3.8) is 0 Å². The number of nitrogens with zero attached hydrogens (tertiary/aromatic N) is 4. The molecule has 0 unspecified atom stereocenters. The maximum atomic E-state index is 12.7. The molecule has 2 fully saturated rings. The van der Waals surface area contributed by atoms with Crippen molar-refractivity contribution in [1.82, 2.24) is 14.9 Å². The van der Waals surface area contributed by atoms with E-state index in [1.807, 2.05) is 20.8 Å². The van der Waals surface area contributed by atoms with Crippen LogP contribution in [0, 0.1) is 16.0 Å². The van der Waals surface area contributed by atoms with Gasteiger partial charge in [-0.25, -0.2) is 10.0 Å². The zero-order valence-corrected chi connectivity index (χ0v) is 17.9. The van der Waals surface area contributed by atoms with E-state index in [1.165, 1.54) is 24.3 Å². The molecule has 2 saturated heterocycles. The fourth-order valence-electron chi connectivity index (χ4n) is 3.86. The number of nitro groups is 1. The Labute approximate surface area is 176 Å². The van der Waals surface area contributed by atoms with E-state index in [2.05, 4.69) is 10.0 Å². The van der Waals surface area contributed by atoms with E-state index in [-0.39, 0.29) is 23.5 Å².